The Morgan fingerprint density at radius 2 is 2.20 bits per heavy atom. The number of hydrogen-bond acceptors (Lipinski definition) is 3. The van der Waals surface area contributed by atoms with Crippen LogP contribution in [-0.4, -0.2) is 25.1 Å². The van der Waals surface area contributed by atoms with E-state index in [0.29, 0.717) is 0 Å². The zero-order valence-corrected chi connectivity index (χ0v) is 11.5. The van der Waals surface area contributed by atoms with E-state index >= 15 is 0 Å². The minimum atomic E-state index is 0.893. The van der Waals surface area contributed by atoms with Crippen LogP contribution in [0.25, 0.3) is 0 Å². The third kappa shape index (κ3) is 6.46. The van der Waals surface area contributed by atoms with Gasteiger partial charge in [-0.3, -0.25) is 0 Å². The first-order chi connectivity index (χ1) is 7.33. The molecule has 1 aromatic rings. The van der Waals surface area contributed by atoms with Crippen LogP contribution >= 0.6 is 34.7 Å². The fourth-order valence-electron chi connectivity index (χ4n) is 1.32. The van der Waals surface area contributed by atoms with Crippen molar-refractivity contribution in [2.45, 2.75) is 19.3 Å². The molecule has 86 valence electrons. The summed E-state index contributed by atoms with van der Waals surface area (Å²) >= 11 is 9.46. The Hall–Kier alpha value is 0.300. The lowest BCUT2D eigenvalue weighted by Gasteiger charge is -2.02. The predicted molar refractivity (Wildman–Crippen MR) is 73.5 cm³/mol. The maximum Gasteiger partial charge on any atom is 0.0931 e. The van der Waals surface area contributed by atoms with E-state index in [2.05, 4.69) is 17.6 Å². The highest BCUT2D eigenvalue weighted by molar-refractivity contribution is 7.98. The van der Waals surface area contributed by atoms with Crippen molar-refractivity contribution in [3.8, 4) is 0 Å². The molecule has 0 aromatic carbocycles. The minimum absolute atomic E-state index is 0.893. The zero-order chi connectivity index (χ0) is 10.9. The average molecular weight is 264 g/mol. The molecule has 15 heavy (non-hydrogen) atoms. The van der Waals surface area contributed by atoms with Crippen LogP contribution in [-0.2, 0) is 6.42 Å². The van der Waals surface area contributed by atoms with Gasteiger partial charge in [-0.05, 0) is 56.5 Å². The van der Waals surface area contributed by atoms with Gasteiger partial charge in [0.1, 0.15) is 0 Å². The normalized spacial score (nSPS) is 10.8. The summed E-state index contributed by atoms with van der Waals surface area (Å²) in [5.41, 5.74) is 0. The molecule has 1 N–H and O–H groups in total. The first kappa shape index (κ1) is 13.4. The quantitative estimate of drug-likeness (QED) is 0.718. The summed E-state index contributed by atoms with van der Waals surface area (Å²) in [6, 6.07) is 4.09. The zero-order valence-electron chi connectivity index (χ0n) is 9.09. The molecule has 0 radical (unpaired) electrons. The molecule has 1 heterocycles. The molecule has 0 aliphatic heterocycles. The van der Waals surface area contributed by atoms with Crippen LogP contribution < -0.4 is 5.32 Å². The van der Waals surface area contributed by atoms with E-state index in [9.17, 15) is 0 Å². The molecule has 0 aliphatic rings. The summed E-state index contributed by atoms with van der Waals surface area (Å²) in [4.78, 5) is 1.37. The highest BCUT2D eigenvalue weighted by Crippen LogP contribution is 2.21. The maximum absolute atomic E-state index is 5.85. The van der Waals surface area contributed by atoms with Crippen molar-refractivity contribution in [2.75, 3.05) is 25.1 Å². The third-order valence-corrected chi connectivity index (χ3v) is 4.12. The third-order valence-electron chi connectivity index (χ3n) is 2.13. The van der Waals surface area contributed by atoms with Gasteiger partial charge >= 0.3 is 0 Å². The smallest absolute Gasteiger partial charge is 0.0931 e. The highest BCUT2D eigenvalue weighted by atomic mass is 35.5. The van der Waals surface area contributed by atoms with Crippen LogP contribution in [0.3, 0.4) is 0 Å². The van der Waals surface area contributed by atoms with Gasteiger partial charge in [-0.15, -0.1) is 11.3 Å². The molecular formula is C11H18ClNS2. The van der Waals surface area contributed by atoms with E-state index in [-0.39, 0.29) is 0 Å². The summed E-state index contributed by atoms with van der Waals surface area (Å²) in [5, 5.41) is 3.46. The van der Waals surface area contributed by atoms with Crippen molar-refractivity contribution in [1.82, 2.24) is 5.32 Å². The molecule has 0 amide bonds. The van der Waals surface area contributed by atoms with Gasteiger partial charge in [0.05, 0.1) is 4.34 Å². The Balaban J connectivity index is 1.93. The van der Waals surface area contributed by atoms with E-state index < -0.39 is 0 Å². The number of rotatable bonds is 8. The Labute approximate surface area is 106 Å². The maximum atomic E-state index is 5.85. The van der Waals surface area contributed by atoms with Crippen molar-refractivity contribution in [2.24, 2.45) is 0 Å². The molecule has 1 nitrogen and oxygen atoms in total. The fraction of sp³-hybridized carbons (Fsp3) is 0.636. The molecule has 0 spiro atoms. The summed E-state index contributed by atoms with van der Waals surface area (Å²) in [6.07, 6.45) is 5.86. The van der Waals surface area contributed by atoms with Crippen LogP contribution in [0.4, 0.5) is 0 Å². The summed E-state index contributed by atoms with van der Waals surface area (Å²) in [7, 11) is 0. The van der Waals surface area contributed by atoms with Gasteiger partial charge in [0, 0.05) is 4.88 Å². The van der Waals surface area contributed by atoms with Gasteiger partial charge in [-0.1, -0.05) is 11.6 Å². The molecule has 0 aliphatic carbocycles. The molecule has 0 saturated carbocycles. The molecule has 0 saturated heterocycles. The Kier molecular flexibility index (Phi) is 7.53. The SMILES string of the molecule is CSCCCCNCCc1ccc(Cl)s1. The molecule has 1 aromatic heterocycles. The van der Waals surface area contributed by atoms with E-state index in [1.807, 2.05) is 17.8 Å². The van der Waals surface area contributed by atoms with Crippen LogP contribution in [0, 0.1) is 0 Å². The van der Waals surface area contributed by atoms with Gasteiger partial charge < -0.3 is 5.32 Å². The summed E-state index contributed by atoms with van der Waals surface area (Å²) < 4.78 is 0.893. The summed E-state index contributed by atoms with van der Waals surface area (Å²) in [5.74, 6) is 1.28. The van der Waals surface area contributed by atoms with Crippen molar-refractivity contribution < 1.29 is 0 Å². The lowest BCUT2D eigenvalue weighted by Crippen LogP contribution is -2.18. The summed E-state index contributed by atoms with van der Waals surface area (Å²) in [6.45, 7) is 2.20. The standard InChI is InChI=1S/C11H18ClNS2/c1-14-9-3-2-7-13-8-6-10-4-5-11(12)15-10/h4-5,13H,2-3,6-9H2,1H3. The minimum Gasteiger partial charge on any atom is -0.316 e. The highest BCUT2D eigenvalue weighted by Gasteiger charge is 1.97. The number of thioether (sulfide) groups is 1. The first-order valence-electron chi connectivity index (χ1n) is 5.27. The lowest BCUT2D eigenvalue weighted by atomic mass is 10.3. The number of halogens is 1. The number of unbranched alkanes of at least 4 members (excludes halogenated alkanes) is 1. The molecule has 4 heteroatoms. The van der Waals surface area contributed by atoms with Crippen molar-refractivity contribution in [3.63, 3.8) is 0 Å². The second kappa shape index (κ2) is 8.45. The second-order valence-corrected chi connectivity index (χ2v) is 6.19. The largest absolute Gasteiger partial charge is 0.316 e. The Morgan fingerprint density at radius 1 is 1.33 bits per heavy atom. The number of hydrogen-bond donors (Lipinski definition) is 1. The van der Waals surface area contributed by atoms with Crippen molar-refractivity contribution >= 4 is 34.7 Å². The van der Waals surface area contributed by atoms with E-state index in [1.54, 1.807) is 11.3 Å². The van der Waals surface area contributed by atoms with Gasteiger partial charge in [0.2, 0.25) is 0 Å². The van der Waals surface area contributed by atoms with Gasteiger partial charge in [-0.25, -0.2) is 0 Å². The molecular weight excluding hydrogens is 246 g/mol. The predicted octanol–water partition coefficient (Wildman–Crippen LogP) is 3.68. The second-order valence-electron chi connectivity index (χ2n) is 3.41. The van der Waals surface area contributed by atoms with Gasteiger partial charge in [0.15, 0.2) is 0 Å². The number of nitrogens with one attached hydrogen (secondary N) is 1. The van der Waals surface area contributed by atoms with E-state index in [1.165, 1.54) is 23.5 Å². The van der Waals surface area contributed by atoms with Crippen LogP contribution in [0.5, 0.6) is 0 Å². The van der Waals surface area contributed by atoms with Crippen LogP contribution in [0.2, 0.25) is 4.34 Å². The van der Waals surface area contributed by atoms with Crippen molar-refractivity contribution in [1.29, 1.82) is 0 Å². The monoisotopic (exact) mass is 263 g/mol. The molecule has 0 atom stereocenters. The first-order valence-corrected chi connectivity index (χ1v) is 7.85. The molecule has 0 bridgehead atoms. The Bertz CT molecular complexity index is 263. The molecule has 0 unspecified atom stereocenters. The fourth-order valence-corrected chi connectivity index (χ4v) is 2.90. The van der Waals surface area contributed by atoms with E-state index in [4.69, 9.17) is 11.6 Å². The Morgan fingerprint density at radius 3 is 2.87 bits per heavy atom. The topological polar surface area (TPSA) is 12.0 Å². The molecule has 0 fully saturated rings. The number of thiophene rings is 1. The van der Waals surface area contributed by atoms with Crippen LogP contribution in [0.15, 0.2) is 12.1 Å². The molecule has 1 rings (SSSR count). The lowest BCUT2D eigenvalue weighted by molar-refractivity contribution is 0.644. The van der Waals surface area contributed by atoms with Crippen LogP contribution in [0.1, 0.15) is 17.7 Å². The van der Waals surface area contributed by atoms with Gasteiger partial charge in [-0.2, -0.15) is 11.8 Å². The van der Waals surface area contributed by atoms with E-state index in [0.717, 1.165) is 23.8 Å². The average Bonchev–Trinajstić information content (AvgIpc) is 2.63. The van der Waals surface area contributed by atoms with Gasteiger partial charge in [0.25, 0.3) is 0 Å². The van der Waals surface area contributed by atoms with Crippen molar-refractivity contribution in [3.05, 3.63) is 21.3 Å².